The maximum absolute atomic E-state index is 5.93. The van der Waals surface area contributed by atoms with E-state index in [-0.39, 0.29) is 0 Å². The standard InChI is InChI=1S/C16H25N3O/c17-10-9-16(19-18)14-7-4-8-15(11-14)20-12-13-5-2-1-3-6-13/h4,7-8,11,13H,1-3,5-6,9-10,12,17-18H2. The Morgan fingerprint density at radius 1 is 1.25 bits per heavy atom. The summed E-state index contributed by atoms with van der Waals surface area (Å²) in [4.78, 5) is 0. The Labute approximate surface area is 121 Å². The fourth-order valence-corrected chi connectivity index (χ4v) is 2.75. The molecule has 0 bridgehead atoms. The van der Waals surface area contributed by atoms with Gasteiger partial charge in [-0.05, 0) is 37.4 Å². The first-order valence-electron chi connectivity index (χ1n) is 7.53. The van der Waals surface area contributed by atoms with Gasteiger partial charge in [-0.25, -0.2) is 0 Å². The fraction of sp³-hybridized carbons (Fsp3) is 0.562. The van der Waals surface area contributed by atoms with Gasteiger partial charge in [0.15, 0.2) is 0 Å². The Bertz CT molecular complexity index is 439. The van der Waals surface area contributed by atoms with E-state index in [9.17, 15) is 0 Å². The number of nitrogens with zero attached hydrogens (tertiary/aromatic N) is 1. The monoisotopic (exact) mass is 275 g/mol. The summed E-state index contributed by atoms with van der Waals surface area (Å²) in [6, 6.07) is 7.97. The van der Waals surface area contributed by atoms with E-state index in [4.69, 9.17) is 16.3 Å². The zero-order chi connectivity index (χ0) is 14.2. The van der Waals surface area contributed by atoms with Crippen LogP contribution in [0, 0.1) is 5.92 Å². The van der Waals surface area contributed by atoms with Gasteiger partial charge in [0.25, 0.3) is 0 Å². The molecule has 4 N–H and O–H groups in total. The van der Waals surface area contributed by atoms with E-state index < -0.39 is 0 Å². The lowest BCUT2D eigenvalue weighted by Crippen LogP contribution is -2.15. The molecule has 0 atom stereocenters. The summed E-state index contributed by atoms with van der Waals surface area (Å²) in [5, 5.41) is 3.82. The number of hydrogen-bond acceptors (Lipinski definition) is 4. The normalized spacial score (nSPS) is 17.1. The second-order valence-electron chi connectivity index (χ2n) is 5.46. The van der Waals surface area contributed by atoms with Gasteiger partial charge in [-0.3, -0.25) is 0 Å². The zero-order valence-electron chi connectivity index (χ0n) is 12.1. The maximum Gasteiger partial charge on any atom is 0.119 e. The van der Waals surface area contributed by atoms with Crippen molar-refractivity contribution >= 4 is 5.71 Å². The highest BCUT2D eigenvalue weighted by Crippen LogP contribution is 2.25. The lowest BCUT2D eigenvalue weighted by Gasteiger charge is -2.21. The van der Waals surface area contributed by atoms with Crippen LogP contribution in [0.1, 0.15) is 44.1 Å². The summed E-state index contributed by atoms with van der Waals surface area (Å²) in [6.07, 6.45) is 7.33. The first-order valence-corrected chi connectivity index (χ1v) is 7.53. The van der Waals surface area contributed by atoms with Crippen LogP contribution >= 0.6 is 0 Å². The van der Waals surface area contributed by atoms with E-state index in [0.29, 0.717) is 18.9 Å². The van der Waals surface area contributed by atoms with Crippen LogP contribution in [0.3, 0.4) is 0 Å². The first kappa shape index (κ1) is 14.9. The second kappa shape index (κ2) is 7.90. The predicted molar refractivity (Wildman–Crippen MR) is 82.9 cm³/mol. The van der Waals surface area contributed by atoms with Gasteiger partial charge in [-0.1, -0.05) is 31.4 Å². The summed E-state index contributed by atoms with van der Waals surface area (Å²) >= 11 is 0. The summed E-state index contributed by atoms with van der Waals surface area (Å²) in [6.45, 7) is 1.36. The molecule has 0 spiro atoms. The summed E-state index contributed by atoms with van der Waals surface area (Å²) in [7, 11) is 0. The van der Waals surface area contributed by atoms with Gasteiger partial charge in [-0.15, -0.1) is 0 Å². The van der Waals surface area contributed by atoms with Crippen molar-refractivity contribution in [2.75, 3.05) is 13.2 Å². The SMILES string of the molecule is NCCC(=NN)c1cccc(OCC2CCCCC2)c1. The Balaban J connectivity index is 1.94. The largest absolute Gasteiger partial charge is 0.493 e. The number of ether oxygens (including phenoxy) is 1. The van der Waals surface area contributed by atoms with Crippen LogP contribution in [0.2, 0.25) is 0 Å². The first-order chi connectivity index (χ1) is 9.83. The summed E-state index contributed by atoms with van der Waals surface area (Å²) in [5.41, 5.74) is 7.40. The average molecular weight is 275 g/mol. The van der Waals surface area contributed by atoms with E-state index in [1.165, 1.54) is 32.1 Å². The molecule has 0 aliphatic heterocycles. The van der Waals surface area contributed by atoms with Crippen LogP contribution in [0.5, 0.6) is 5.75 Å². The van der Waals surface area contributed by atoms with E-state index in [2.05, 4.69) is 5.10 Å². The van der Waals surface area contributed by atoms with Crippen molar-refractivity contribution in [3.05, 3.63) is 29.8 Å². The molecule has 2 rings (SSSR count). The number of nitrogens with two attached hydrogens (primary N) is 2. The summed E-state index contributed by atoms with van der Waals surface area (Å²) in [5.74, 6) is 7.03. The van der Waals surface area contributed by atoms with Crippen molar-refractivity contribution in [1.29, 1.82) is 0 Å². The molecular formula is C16H25N3O. The molecule has 4 heteroatoms. The quantitative estimate of drug-likeness (QED) is 0.476. The smallest absolute Gasteiger partial charge is 0.119 e. The Kier molecular flexibility index (Phi) is 5.87. The van der Waals surface area contributed by atoms with Gasteiger partial charge < -0.3 is 16.3 Å². The topological polar surface area (TPSA) is 73.6 Å². The highest BCUT2D eigenvalue weighted by molar-refractivity contribution is 6.00. The molecule has 1 aromatic carbocycles. The van der Waals surface area contributed by atoms with Crippen molar-refractivity contribution in [3.8, 4) is 5.75 Å². The van der Waals surface area contributed by atoms with Crippen molar-refractivity contribution in [1.82, 2.24) is 0 Å². The lowest BCUT2D eigenvalue weighted by atomic mass is 9.90. The average Bonchev–Trinajstić information content (AvgIpc) is 2.52. The fourth-order valence-electron chi connectivity index (χ4n) is 2.75. The van der Waals surface area contributed by atoms with Crippen LogP contribution in [0.15, 0.2) is 29.4 Å². The summed E-state index contributed by atoms with van der Waals surface area (Å²) < 4.78 is 5.93. The van der Waals surface area contributed by atoms with Crippen molar-refractivity contribution in [2.24, 2.45) is 22.6 Å². The van der Waals surface area contributed by atoms with Crippen LogP contribution < -0.4 is 16.3 Å². The van der Waals surface area contributed by atoms with Gasteiger partial charge in [0.1, 0.15) is 5.75 Å². The van der Waals surface area contributed by atoms with Gasteiger partial charge in [0.05, 0.1) is 12.3 Å². The lowest BCUT2D eigenvalue weighted by molar-refractivity contribution is 0.209. The number of hydrazone groups is 1. The molecule has 0 amide bonds. The van der Waals surface area contributed by atoms with E-state index in [0.717, 1.165) is 23.6 Å². The molecule has 1 aliphatic rings. The van der Waals surface area contributed by atoms with Crippen molar-refractivity contribution < 1.29 is 4.74 Å². The minimum atomic E-state index is 0.545. The molecule has 0 heterocycles. The van der Waals surface area contributed by atoms with Crippen LogP contribution in [-0.4, -0.2) is 18.9 Å². The molecule has 0 aromatic heterocycles. The number of benzene rings is 1. The third kappa shape index (κ3) is 4.23. The molecule has 1 saturated carbocycles. The third-order valence-corrected chi connectivity index (χ3v) is 3.91. The molecule has 0 radical (unpaired) electrons. The Morgan fingerprint density at radius 2 is 2.05 bits per heavy atom. The van der Waals surface area contributed by atoms with Crippen LogP contribution in [-0.2, 0) is 0 Å². The highest BCUT2D eigenvalue weighted by atomic mass is 16.5. The number of hydrogen-bond donors (Lipinski definition) is 2. The van der Waals surface area contributed by atoms with Crippen LogP contribution in [0.25, 0.3) is 0 Å². The molecule has 110 valence electrons. The maximum atomic E-state index is 5.93. The minimum Gasteiger partial charge on any atom is -0.493 e. The van der Waals surface area contributed by atoms with Gasteiger partial charge >= 0.3 is 0 Å². The molecule has 20 heavy (non-hydrogen) atoms. The predicted octanol–water partition coefficient (Wildman–Crippen LogP) is 2.66. The number of rotatable bonds is 6. The van der Waals surface area contributed by atoms with Gasteiger partial charge in [0.2, 0.25) is 0 Å². The zero-order valence-corrected chi connectivity index (χ0v) is 12.1. The van der Waals surface area contributed by atoms with Gasteiger partial charge in [-0.2, -0.15) is 5.10 Å². The van der Waals surface area contributed by atoms with Crippen LogP contribution in [0.4, 0.5) is 0 Å². The molecule has 0 saturated heterocycles. The van der Waals surface area contributed by atoms with E-state index in [1.807, 2.05) is 24.3 Å². The molecule has 1 aromatic rings. The minimum absolute atomic E-state index is 0.545. The van der Waals surface area contributed by atoms with Crippen molar-refractivity contribution in [3.63, 3.8) is 0 Å². The third-order valence-electron chi connectivity index (χ3n) is 3.91. The molecule has 0 unspecified atom stereocenters. The molecule has 1 aliphatic carbocycles. The molecule has 4 nitrogen and oxygen atoms in total. The highest BCUT2D eigenvalue weighted by Gasteiger charge is 2.14. The molecular weight excluding hydrogens is 250 g/mol. The second-order valence-corrected chi connectivity index (χ2v) is 5.46. The Morgan fingerprint density at radius 3 is 2.75 bits per heavy atom. The van der Waals surface area contributed by atoms with Gasteiger partial charge in [0, 0.05) is 12.0 Å². The Hall–Kier alpha value is -1.55. The van der Waals surface area contributed by atoms with Crippen molar-refractivity contribution in [2.45, 2.75) is 38.5 Å². The van der Waals surface area contributed by atoms with E-state index in [1.54, 1.807) is 0 Å². The van der Waals surface area contributed by atoms with E-state index >= 15 is 0 Å². The molecule has 1 fully saturated rings.